The highest BCUT2D eigenvalue weighted by molar-refractivity contribution is 5.98. The summed E-state index contributed by atoms with van der Waals surface area (Å²) in [6.45, 7) is 9.72. The predicted molar refractivity (Wildman–Crippen MR) is 67.7 cm³/mol. The number of aryl methyl sites for hydroxylation is 2. The molecule has 0 amide bonds. The number of hydrogen-bond donors (Lipinski definition) is 1. The van der Waals surface area contributed by atoms with Crippen molar-refractivity contribution in [2.24, 2.45) is 11.7 Å². The van der Waals surface area contributed by atoms with Gasteiger partial charge in [-0.15, -0.1) is 0 Å². The van der Waals surface area contributed by atoms with E-state index < -0.39 is 5.54 Å². The Labute approximate surface area is 97.9 Å². The highest BCUT2D eigenvalue weighted by Crippen LogP contribution is 2.20. The fraction of sp³-hybridized carbons (Fsp3) is 0.500. The van der Waals surface area contributed by atoms with Crippen LogP contribution in [0.25, 0.3) is 0 Å². The van der Waals surface area contributed by atoms with Crippen LogP contribution in [0.3, 0.4) is 0 Å². The Balaban J connectivity index is 3.02. The van der Waals surface area contributed by atoms with Crippen molar-refractivity contribution >= 4 is 5.78 Å². The van der Waals surface area contributed by atoms with Crippen LogP contribution in [0, 0.1) is 19.8 Å². The minimum absolute atomic E-state index is 0.121. The van der Waals surface area contributed by atoms with Gasteiger partial charge in [0, 0.05) is 17.0 Å². The van der Waals surface area contributed by atoms with Gasteiger partial charge in [0.2, 0.25) is 0 Å². The van der Waals surface area contributed by atoms with E-state index in [4.69, 9.17) is 5.73 Å². The molecule has 88 valence electrons. The van der Waals surface area contributed by atoms with Gasteiger partial charge in [-0.2, -0.15) is 0 Å². The first kappa shape index (κ1) is 12.9. The summed E-state index contributed by atoms with van der Waals surface area (Å²) in [6.07, 6.45) is 0. The summed E-state index contributed by atoms with van der Waals surface area (Å²) < 4.78 is 0. The topological polar surface area (TPSA) is 43.1 Å². The highest BCUT2D eigenvalue weighted by atomic mass is 16.1. The van der Waals surface area contributed by atoms with E-state index in [2.05, 4.69) is 0 Å². The molecule has 0 spiro atoms. The molecule has 0 aromatic heterocycles. The van der Waals surface area contributed by atoms with Gasteiger partial charge >= 0.3 is 0 Å². The maximum Gasteiger partial charge on any atom is 0.167 e. The van der Waals surface area contributed by atoms with E-state index in [1.165, 1.54) is 5.56 Å². The zero-order valence-corrected chi connectivity index (χ0v) is 10.8. The van der Waals surface area contributed by atoms with Gasteiger partial charge in [-0.3, -0.25) is 4.79 Å². The smallest absolute Gasteiger partial charge is 0.167 e. The number of benzene rings is 1. The molecule has 2 heteroatoms. The van der Waals surface area contributed by atoms with E-state index in [1.807, 2.05) is 52.8 Å². The minimum atomic E-state index is -0.476. The molecule has 2 nitrogen and oxygen atoms in total. The van der Waals surface area contributed by atoms with Gasteiger partial charge in [-0.1, -0.05) is 19.1 Å². The largest absolute Gasteiger partial charge is 0.325 e. The Hall–Kier alpha value is -1.15. The normalized spacial score (nSPS) is 13.6. The van der Waals surface area contributed by atoms with Gasteiger partial charge in [0.15, 0.2) is 5.78 Å². The van der Waals surface area contributed by atoms with Gasteiger partial charge in [-0.25, -0.2) is 0 Å². The molecule has 0 radical (unpaired) electrons. The Morgan fingerprint density at radius 2 is 1.81 bits per heavy atom. The first-order valence-electron chi connectivity index (χ1n) is 5.64. The number of nitrogens with two attached hydrogens (primary N) is 1. The van der Waals surface area contributed by atoms with Crippen molar-refractivity contribution in [2.75, 3.05) is 0 Å². The van der Waals surface area contributed by atoms with E-state index in [0.717, 1.165) is 11.1 Å². The van der Waals surface area contributed by atoms with Crippen molar-refractivity contribution in [3.05, 3.63) is 34.9 Å². The second-order valence-corrected chi connectivity index (χ2v) is 5.21. The molecular formula is C14H21NO. The molecule has 16 heavy (non-hydrogen) atoms. The molecule has 0 bridgehead atoms. The van der Waals surface area contributed by atoms with E-state index in [0.29, 0.717) is 0 Å². The number of rotatable bonds is 3. The van der Waals surface area contributed by atoms with E-state index in [1.54, 1.807) is 0 Å². The van der Waals surface area contributed by atoms with Crippen LogP contribution in [0.1, 0.15) is 42.3 Å². The molecule has 1 atom stereocenters. The van der Waals surface area contributed by atoms with Crippen LogP contribution in [0.5, 0.6) is 0 Å². The van der Waals surface area contributed by atoms with Crippen LogP contribution in [-0.4, -0.2) is 11.3 Å². The second-order valence-electron chi connectivity index (χ2n) is 5.21. The zero-order chi connectivity index (χ0) is 12.5. The summed E-state index contributed by atoms with van der Waals surface area (Å²) in [6, 6.07) is 5.81. The van der Waals surface area contributed by atoms with Gasteiger partial charge < -0.3 is 5.73 Å². The molecule has 2 N–H and O–H groups in total. The van der Waals surface area contributed by atoms with Crippen molar-refractivity contribution in [1.82, 2.24) is 0 Å². The number of carbonyl (C=O) groups excluding carboxylic acids is 1. The third kappa shape index (κ3) is 2.70. The van der Waals surface area contributed by atoms with Crippen LogP contribution < -0.4 is 5.73 Å². The lowest BCUT2D eigenvalue weighted by molar-refractivity contribution is 0.0884. The molecular weight excluding hydrogens is 198 g/mol. The number of carbonyl (C=O) groups is 1. The van der Waals surface area contributed by atoms with Gasteiger partial charge in [0.05, 0.1) is 0 Å². The van der Waals surface area contributed by atoms with Crippen LogP contribution in [0.4, 0.5) is 0 Å². The summed E-state index contributed by atoms with van der Waals surface area (Å²) in [7, 11) is 0. The number of ketones is 1. The SMILES string of the molecule is Cc1ccc(C(=O)C(C)C(C)(C)N)cc1C. The Bertz CT molecular complexity index is 402. The maximum atomic E-state index is 12.2. The van der Waals surface area contributed by atoms with E-state index in [-0.39, 0.29) is 11.7 Å². The fourth-order valence-electron chi connectivity index (χ4n) is 1.48. The van der Waals surface area contributed by atoms with Crippen LogP contribution >= 0.6 is 0 Å². The van der Waals surface area contributed by atoms with Crippen LogP contribution in [-0.2, 0) is 0 Å². The van der Waals surface area contributed by atoms with E-state index >= 15 is 0 Å². The average molecular weight is 219 g/mol. The first-order chi connectivity index (χ1) is 7.23. The highest BCUT2D eigenvalue weighted by Gasteiger charge is 2.28. The molecule has 0 aliphatic rings. The van der Waals surface area contributed by atoms with Crippen molar-refractivity contribution in [2.45, 2.75) is 40.2 Å². The fourth-order valence-corrected chi connectivity index (χ4v) is 1.48. The monoisotopic (exact) mass is 219 g/mol. The summed E-state index contributed by atoms with van der Waals surface area (Å²) in [5, 5.41) is 0. The molecule has 0 heterocycles. The van der Waals surface area contributed by atoms with Crippen molar-refractivity contribution in [1.29, 1.82) is 0 Å². The molecule has 1 unspecified atom stereocenters. The van der Waals surface area contributed by atoms with Crippen molar-refractivity contribution < 1.29 is 4.79 Å². The molecule has 0 saturated heterocycles. The molecule has 1 aromatic carbocycles. The lowest BCUT2D eigenvalue weighted by atomic mass is 9.83. The molecule has 0 saturated carbocycles. The van der Waals surface area contributed by atoms with Gasteiger partial charge in [0.25, 0.3) is 0 Å². The predicted octanol–water partition coefficient (Wildman–Crippen LogP) is 2.86. The lowest BCUT2D eigenvalue weighted by Crippen LogP contribution is -2.43. The Kier molecular flexibility index (Phi) is 3.54. The quantitative estimate of drug-likeness (QED) is 0.794. The maximum absolute atomic E-state index is 12.2. The zero-order valence-electron chi connectivity index (χ0n) is 10.8. The van der Waals surface area contributed by atoms with Gasteiger partial charge in [-0.05, 0) is 44.9 Å². The lowest BCUT2D eigenvalue weighted by Gasteiger charge is -2.26. The molecule has 0 aliphatic heterocycles. The van der Waals surface area contributed by atoms with Crippen molar-refractivity contribution in [3.63, 3.8) is 0 Å². The first-order valence-corrected chi connectivity index (χ1v) is 5.64. The minimum Gasteiger partial charge on any atom is -0.325 e. The van der Waals surface area contributed by atoms with Gasteiger partial charge in [0.1, 0.15) is 0 Å². The number of Topliss-reactive ketones (excluding diaryl/α,β-unsaturated/α-hetero) is 1. The van der Waals surface area contributed by atoms with E-state index in [9.17, 15) is 4.79 Å². The number of hydrogen-bond acceptors (Lipinski definition) is 2. The molecule has 1 rings (SSSR count). The standard InChI is InChI=1S/C14H21NO/c1-9-6-7-12(8-10(9)2)13(16)11(3)14(4,5)15/h6-8,11H,15H2,1-5H3. The third-order valence-corrected chi connectivity index (χ3v) is 3.30. The Morgan fingerprint density at radius 1 is 1.25 bits per heavy atom. The molecule has 1 aromatic rings. The summed E-state index contributed by atoms with van der Waals surface area (Å²) >= 11 is 0. The summed E-state index contributed by atoms with van der Waals surface area (Å²) in [4.78, 5) is 12.2. The molecule has 0 fully saturated rings. The van der Waals surface area contributed by atoms with Crippen LogP contribution in [0.2, 0.25) is 0 Å². The Morgan fingerprint density at radius 3 is 2.25 bits per heavy atom. The summed E-state index contributed by atoms with van der Waals surface area (Å²) in [5.74, 6) is -0.0507. The second kappa shape index (κ2) is 4.38. The third-order valence-electron chi connectivity index (χ3n) is 3.30. The van der Waals surface area contributed by atoms with Crippen LogP contribution in [0.15, 0.2) is 18.2 Å². The average Bonchev–Trinajstić information content (AvgIpc) is 2.18. The molecule has 0 aliphatic carbocycles. The van der Waals surface area contributed by atoms with Crippen molar-refractivity contribution in [3.8, 4) is 0 Å². The summed E-state index contributed by atoms with van der Waals surface area (Å²) in [5.41, 5.74) is 8.60.